The fraction of sp³-hybridized carbons (Fsp3) is 0.222. The Hall–Kier alpha value is -1.13. The summed E-state index contributed by atoms with van der Waals surface area (Å²) >= 11 is 1.66. The number of nitrogens with zero attached hydrogens (tertiary/aromatic N) is 2. The Morgan fingerprint density at radius 2 is 2.46 bits per heavy atom. The van der Waals surface area contributed by atoms with Gasteiger partial charge in [0.2, 0.25) is 0 Å². The van der Waals surface area contributed by atoms with Crippen LogP contribution in [0.1, 0.15) is 0 Å². The Labute approximate surface area is 80.3 Å². The van der Waals surface area contributed by atoms with Gasteiger partial charge >= 0.3 is 0 Å². The van der Waals surface area contributed by atoms with E-state index in [9.17, 15) is 0 Å². The van der Waals surface area contributed by atoms with Gasteiger partial charge in [0.05, 0.1) is 11.5 Å². The molecular formula is C9H10N2OS. The Bertz CT molecular complexity index is 367. The van der Waals surface area contributed by atoms with Crippen molar-refractivity contribution < 1.29 is 5.11 Å². The van der Waals surface area contributed by atoms with Crippen molar-refractivity contribution in [2.24, 2.45) is 0 Å². The summed E-state index contributed by atoms with van der Waals surface area (Å²) in [6.45, 7) is 0.752. The van der Waals surface area contributed by atoms with Crippen molar-refractivity contribution in [3.8, 4) is 10.7 Å². The lowest BCUT2D eigenvalue weighted by Crippen LogP contribution is -2.01. The smallest absolute Gasteiger partial charge is 0.150 e. The molecule has 4 heteroatoms. The molecule has 0 unspecified atom stereocenters. The number of imidazole rings is 1. The molecule has 0 aliphatic rings. The molecular weight excluding hydrogens is 184 g/mol. The summed E-state index contributed by atoms with van der Waals surface area (Å²) in [5.41, 5.74) is 0. The van der Waals surface area contributed by atoms with Gasteiger partial charge in [-0.3, -0.25) is 0 Å². The number of thiophene rings is 1. The number of hydrogen-bond acceptors (Lipinski definition) is 3. The maximum absolute atomic E-state index is 8.81. The molecule has 0 saturated heterocycles. The maximum Gasteiger partial charge on any atom is 0.150 e. The van der Waals surface area contributed by atoms with E-state index in [4.69, 9.17) is 5.11 Å². The molecule has 13 heavy (non-hydrogen) atoms. The van der Waals surface area contributed by atoms with Gasteiger partial charge in [-0.2, -0.15) is 0 Å². The van der Waals surface area contributed by atoms with E-state index in [0.717, 1.165) is 10.7 Å². The summed E-state index contributed by atoms with van der Waals surface area (Å²) in [6, 6.07) is 4.03. The second kappa shape index (κ2) is 3.72. The molecule has 0 atom stereocenters. The van der Waals surface area contributed by atoms with E-state index in [1.165, 1.54) is 0 Å². The average Bonchev–Trinajstić information content (AvgIpc) is 2.71. The fourth-order valence-corrected chi connectivity index (χ4v) is 1.96. The van der Waals surface area contributed by atoms with Crippen molar-refractivity contribution in [2.75, 3.05) is 6.61 Å². The Kier molecular flexibility index (Phi) is 2.42. The lowest BCUT2D eigenvalue weighted by atomic mass is 10.4. The van der Waals surface area contributed by atoms with Crippen LogP contribution in [0.5, 0.6) is 0 Å². The molecule has 0 bridgehead atoms. The number of aromatic nitrogens is 2. The predicted molar refractivity (Wildman–Crippen MR) is 52.6 cm³/mol. The van der Waals surface area contributed by atoms with Crippen LogP contribution in [0.2, 0.25) is 0 Å². The second-order valence-electron chi connectivity index (χ2n) is 2.65. The largest absolute Gasteiger partial charge is 0.395 e. The molecule has 2 aromatic rings. The summed E-state index contributed by atoms with van der Waals surface area (Å²) in [5.74, 6) is 0.934. The van der Waals surface area contributed by atoms with Crippen LogP contribution in [0, 0.1) is 0 Å². The summed E-state index contributed by atoms with van der Waals surface area (Å²) in [6.07, 6.45) is 3.63. The minimum Gasteiger partial charge on any atom is -0.395 e. The molecule has 0 radical (unpaired) electrons. The summed E-state index contributed by atoms with van der Waals surface area (Å²) in [7, 11) is 0. The van der Waals surface area contributed by atoms with Crippen LogP contribution in [0.4, 0.5) is 0 Å². The molecule has 0 aliphatic heterocycles. The van der Waals surface area contributed by atoms with E-state index in [-0.39, 0.29) is 6.61 Å². The molecule has 0 aromatic carbocycles. The highest BCUT2D eigenvalue weighted by Crippen LogP contribution is 2.22. The second-order valence-corrected chi connectivity index (χ2v) is 3.59. The lowest BCUT2D eigenvalue weighted by molar-refractivity contribution is 0.277. The Balaban J connectivity index is 2.35. The van der Waals surface area contributed by atoms with Crippen molar-refractivity contribution in [3.63, 3.8) is 0 Å². The first-order chi connectivity index (χ1) is 6.42. The van der Waals surface area contributed by atoms with Gasteiger partial charge in [0.15, 0.2) is 0 Å². The minimum absolute atomic E-state index is 0.148. The van der Waals surface area contributed by atoms with Gasteiger partial charge in [0, 0.05) is 18.9 Å². The van der Waals surface area contributed by atoms with Gasteiger partial charge in [0.1, 0.15) is 5.82 Å². The van der Waals surface area contributed by atoms with Crippen molar-refractivity contribution in [1.29, 1.82) is 0 Å². The third-order valence-corrected chi connectivity index (χ3v) is 2.66. The highest BCUT2D eigenvalue weighted by Gasteiger charge is 2.05. The van der Waals surface area contributed by atoms with E-state index < -0.39 is 0 Å². The van der Waals surface area contributed by atoms with Crippen LogP contribution >= 0.6 is 11.3 Å². The average molecular weight is 194 g/mol. The topological polar surface area (TPSA) is 38.0 Å². The third kappa shape index (κ3) is 1.64. The SMILES string of the molecule is OCCn1ccnc1-c1cccs1. The van der Waals surface area contributed by atoms with Crippen LogP contribution in [-0.4, -0.2) is 21.3 Å². The number of hydrogen-bond donors (Lipinski definition) is 1. The normalized spacial score (nSPS) is 10.5. The lowest BCUT2D eigenvalue weighted by Gasteiger charge is -2.02. The van der Waals surface area contributed by atoms with Gasteiger partial charge in [-0.15, -0.1) is 11.3 Å². The van der Waals surface area contributed by atoms with Gasteiger partial charge < -0.3 is 9.67 Å². The summed E-state index contributed by atoms with van der Waals surface area (Å²) in [4.78, 5) is 5.38. The van der Waals surface area contributed by atoms with Gasteiger partial charge in [-0.05, 0) is 11.4 Å². The Morgan fingerprint density at radius 1 is 1.54 bits per heavy atom. The molecule has 0 saturated carbocycles. The van der Waals surface area contributed by atoms with Crippen molar-refractivity contribution in [1.82, 2.24) is 9.55 Å². The standard InChI is InChI=1S/C9H10N2OS/c12-6-5-11-4-3-10-9(11)8-2-1-7-13-8/h1-4,7,12H,5-6H2. The van der Waals surface area contributed by atoms with Crippen LogP contribution in [0.3, 0.4) is 0 Å². The molecule has 0 amide bonds. The maximum atomic E-state index is 8.81. The summed E-state index contributed by atoms with van der Waals surface area (Å²) < 4.78 is 1.95. The summed E-state index contributed by atoms with van der Waals surface area (Å²) in [5, 5.41) is 10.8. The molecule has 2 heterocycles. The van der Waals surface area contributed by atoms with Crippen LogP contribution in [0.15, 0.2) is 29.9 Å². The predicted octanol–water partition coefficient (Wildman–Crippen LogP) is 1.60. The van der Waals surface area contributed by atoms with Crippen molar-refractivity contribution in [3.05, 3.63) is 29.9 Å². The molecule has 2 aromatic heterocycles. The van der Waals surface area contributed by atoms with Gasteiger partial charge in [-0.25, -0.2) is 4.98 Å². The zero-order valence-electron chi connectivity index (χ0n) is 7.05. The number of rotatable bonds is 3. The molecule has 0 aliphatic carbocycles. The third-order valence-electron chi connectivity index (χ3n) is 1.80. The van der Waals surface area contributed by atoms with E-state index in [2.05, 4.69) is 4.98 Å². The number of aliphatic hydroxyl groups is 1. The van der Waals surface area contributed by atoms with Crippen LogP contribution in [-0.2, 0) is 6.54 Å². The molecule has 0 fully saturated rings. The minimum atomic E-state index is 0.148. The molecule has 1 N–H and O–H groups in total. The van der Waals surface area contributed by atoms with E-state index in [1.807, 2.05) is 28.3 Å². The molecule has 2 rings (SSSR count). The van der Waals surface area contributed by atoms with Crippen LogP contribution in [0.25, 0.3) is 10.7 Å². The first-order valence-electron chi connectivity index (χ1n) is 4.07. The first kappa shape index (κ1) is 8.47. The van der Waals surface area contributed by atoms with Gasteiger partial charge in [-0.1, -0.05) is 6.07 Å². The van der Waals surface area contributed by atoms with E-state index in [1.54, 1.807) is 17.5 Å². The molecule has 68 valence electrons. The molecule has 3 nitrogen and oxygen atoms in total. The zero-order chi connectivity index (χ0) is 9.10. The molecule has 0 spiro atoms. The highest BCUT2D eigenvalue weighted by atomic mass is 32.1. The first-order valence-corrected chi connectivity index (χ1v) is 4.95. The highest BCUT2D eigenvalue weighted by molar-refractivity contribution is 7.13. The zero-order valence-corrected chi connectivity index (χ0v) is 7.87. The van der Waals surface area contributed by atoms with Gasteiger partial charge in [0.25, 0.3) is 0 Å². The monoisotopic (exact) mass is 194 g/mol. The van der Waals surface area contributed by atoms with Crippen LogP contribution < -0.4 is 0 Å². The van der Waals surface area contributed by atoms with E-state index in [0.29, 0.717) is 6.54 Å². The van der Waals surface area contributed by atoms with E-state index >= 15 is 0 Å². The van der Waals surface area contributed by atoms with Crippen molar-refractivity contribution >= 4 is 11.3 Å². The fourth-order valence-electron chi connectivity index (χ4n) is 1.23. The number of aliphatic hydroxyl groups excluding tert-OH is 1. The Morgan fingerprint density at radius 3 is 3.15 bits per heavy atom. The van der Waals surface area contributed by atoms with Crippen molar-refractivity contribution in [2.45, 2.75) is 6.54 Å². The quantitative estimate of drug-likeness (QED) is 0.806.